The predicted octanol–water partition coefficient (Wildman–Crippen LogP) is 4.06. The minimum absolute atomic E-state index is 0.111. The van der Waals surface area contributed by atoms with E-state index in [1.807, 2.05) is 32.9 Å². The lowest BCUT2D eigenvalue weighted by molar-refractivity contribution is 0.0773. The van der Waals surface area contributed by atoms with E-state index in [-0.39, 0.29) is 12.7 Å². The fraction of sp³-hybridized carbons (Fsp3) is 0.391. The van der Waals surface area contributed by atoms with Crippen LogP contribution in [0.1, 0.15) is 36.7 Å². The minimum Gasteiger partial charge on any atom is -0.493 e. The summed E-state index contributed by atoms with van der Waals surface area (Å²) in [7, 11) is 4.68. The number of rotatable bonds is 8. The number of benzene rings is 2. The highest BCUT2D eigenvalue weighted by Gasteiger charge is 2.24. The molecule has 0 aromatic heterocycles. The lowest BCUT2D eigenvalue weighted by Gasteiger charge is -2.20. The van der Waals surface area contributed by atoms with Gasteiger partial charge in [-0.1, -0.05) is 0 Å². The highest BCUT2D eigenvalue weighted by Crippen LogP contribution is 2.41. The predicted molar refractivity (Wildman–Crippen MR) is 118 cm³/mol. The van der Waals surface area contributed by atoms with Gasteiger partial charge in [0.05, 0.1) is 32.6 Å². The molecule has 0 aliphatic carbocycles. The van der Waals surface area contributed by atoms with E-state index in [0.29, 0.717) is 58.8 Å². The van der Waals surface area contributed by atoms with Gasteiger partial charge in [0.2, 0.25) is 12.5 Å². The molecule has 0 bridgehead atoms. The van der Waals surface area contributed by atoms with Gasteiger partial charge in [0.15, 0.2) is 23.0 Å². The molecule has 2 aromatic carbocycles. The Morgan fingerprint density at radius 2 is 1.55 bits per heavy atom. The number of fused-ring (bicyclic) bond motifs is 1. The summed E-state index contributed by atoms with van der Waals surface area (Å²) in [5, 5.41) is 0. The van der Waals surface area contributed by atoms with Crippen molar-refractivity contribution in [3.8, 4) is 28.7 Å². The summed E-state index contributed by atoms with van der Waals surface area (Å²) in [4.78, 5) is 19.6. The summed E-state index contributed by atoms with van der Waals surface area (Å²) in [6, 6.07) is 7.07. The normalized spacial score (nSPS) is 12.5. The summed E-state index contributed by atoms with van der Waals surface area (Å²) in [5.41, 5.74) is 2.41. The molecule has 0 saturated heterocycles. The lowest BCUT2D eigenvalue weighted by atomic mass is 10.1. The molecule has 0 spiro atoms. The maximum Gasteiger partial charge on any atom is 0.256 e. The van der Waals surface area contributed by atoms with Gasteiger partial charge >= 0.3 is 0 Å². The van der Waals surface area contributed by atoms with Gasteiger partial charge in [-0.25, -0.2) is 0 Å². The molecule has 31 heavy (non-hydrogen) atoms. The van der Waals surface area contributed by atoms with E-state index in [1.165, 1.54) is 0 Å². The lowest BCUT2D eigenvalue weighted by Crippen LogP contribution is -2.30. The van der Waals surface area contributed by atoms with Gasteiger partial charge in [0.25, 0.3) is 5.91 Å². The van der Waals surface area contributed by atoms with Gasteiger partial charge in [0, 0.05) is 30.4 Å². The van der Waals surface area contributed by atoms with Gasteiger partial charge < -0.3 is 28.6 Å². The molecule has 0 atom stereocenters. The van der Waals surface area contributed by atoms with Crippen LogP contribution in [0, 0.1) is 0 Å². The highest BCUT2D eigenvalue weighted by molar-refractivity contribution is 6.05. The van der Waals surface area contributed by atoms with Crippen LogP contribution in [0.3, 0.4) is 0 Å². The molecule has 1 aliphatic rings. The number of carbonyl (C=O) groups is 1. The van der Waals surface area contributed by atoms with E-state index in [0.717, 1.165) is 5.56 Å². The van der Waals surface area contributed by atoms with Crippen molar-refractivity contribution >= 4 is 17.3 Å². The number of ether oxygens (including phenoxy) is 5. The monoisotopic (exact) mass is 428 g/mol. The van der Waals surface area contributed by atoms with E-state index >= 15 is 0 Å². The molecule has 1 amide bonds. The summed E-state index contributed by atoms with van der Waals surface area (Å²) in [5.74, 6) is 2.54. The molecular weight excluding hydrogens is 400 g/mol. The molecule has 1 heterocycles. The van der Waals surface area contributed by atoms with E-state index in [2.05, 4.69) is 0 Å². The van der Waals surface area contributed by atoms with Crippen molar-refractivity contribution in [2.75, 3.05) is 41.2 Å². The first-order valence-corrected chi connectivity index (χ1v) is 10.1. The quantitative estimate of drug-likeness (QED) is 0.590. The third kappa shape index (κ3) is 4.38. The van der Waals surface area contributed by atoms with Crippen molar-refractivity contribution in [1.82, 2.24) is 4.90 Å². The van der Waals surface area contributed by atoms with Crippen LogP contribution >= 0.6 is 0 Å². The van der Waals surface area contributed by atoms with Crippen molar-refractivity contribution in [3.63, 3.8) is 0 Å². The molecule has 0 fully saturated rings. The standard InChI is InChI=1S/C23H28N2O6/c1-7-25(8-2)23(26)16-11-18-19(31-13-30-18)12-17(16)24-14(3)15-9-20(27-4)22(29-6)21(10-15)28-5/h9-12H,7-8,13H2,1-6H3. The average molecular weight is 428 g/mol. The Morgan fingerprint density at radius 3 is 2.06 bits per heavy atom. The fourth-order valence-electron chi connectivity index (χ4n) is 3.41. The van der Waals surface area contributed by atoms with Crippen LogP contribution in [0.15, 0.2) is 29.3 Å². The summed E-state index contributed by atoms with van der Waals surface area (Å²) in [6.07, 6.45) is 0. The first-order valence-electron chi connectivity index (χ1n) is 10.1. The third-order valence-corrected chi connectivity index (χ3v) is 5.14. The second kappa shape index (κ2) is 9.59. The number of hydrogen-bond acceptors (Lipinski definition) is 7. The van der Waals surface area contributed by atoms with Crippen molar-refractivity contribution in [1.29, 1.82) is 0 Å². The largest absolute Gasteiger partial charge is 0.493 e. The highest BCUT2D eigenvalue weighted by atomic mass is 16.7. The summed E-state index contributed by atoms with van der Waals surface area (Å²) >= 11 is 0. The fourth-order valence-corrected chi connectivity index (χ4v) is 3.41. The number of hydrogen-bond donors (Lipinski definition) is 0. The second-order valence-electron chi connectivity index (χ2n) is 6.81. The van der Waals surface area contributed by atoms with Gasteiger partial charge in [-0.15, -0.1) is 0 Å². The number of nitrogens with zero attached hydrogens (tertiary/aromatic N) is 2. The Morgan fingerprint density at radius 1 is 0.968 bits per heavy atom. The third-order valence-electron chi connectivity index (χ3n) is 5.14. The SMILES string of the molecule is CCN(CC)C(=O)c1cc2c(cc1N=C(C)c1cc(OC)c(OC)c(OC)c1)OCO2. The maximum atomic E-state index is 13.1. The number of aliphatic imine (C=N–C) groups is 1. The van der Waals surface area contributed by atoms with Crippen LogP contribution in [0.4, 0.5) is 5.69 Å². The number of methoxy groups -OCH3 is 3. The van der Waals surface area contributed by atoms with Crippen LogP contribution < -0.4 is 23.7 Å². The Labute approximate surface area is 182 Å². The molecule has 0 saturated carbocycles. The van der Waals surface area contributed by atoms with Gasteiger partial charge in [0.1, 0.15) is 0 Å². The van der Waals surface area contributed by atoms with Crippen LogP contribution in [-0.2, 0) is 0 Å². The average Bonchev–Trinajstić information content (AvgIpc) is 3.25. The minimum atomic E-state index is -0.111. The molecule has 0 N–H and O–H groups in total. The molecule has 8 nitrogen and oxygen atoms in total. The first kappa shape index (κ1) is 22.3. The van der Waals surface area contributed by atoms with Crippen LogP contribution in [0.25, 0.3) is 0 Å². The zero-order valence-electron chi connectivity index (χ0n) is 18.8. The van der Waals surface area contributed by atoms with Crippen molar-refractivity contribution in [3.05, 3.63) is 35.4 Å². The van der Waals surface area contributed by atoms with Gasteiger partial charge in [-0.05, 0) is 39.0 Å². The molecule has 8 heteroatoms. The number of amides is 1. The molecule has 166 valence electrons. The Hall–Kier alpha value is -3.42. The number of carbonyl (C=O) groups excluding carboxylic acids is 1. The molecule has 0 unspecified atom stereocenters. The van der Waals surface area contributed by atoms with Crippen molar-refractivity contribution < 1.29 is 28.5 Å². The summed E-state index contributed by atoms with van der Waals surface area (Å²) in [6.45, 7) is 7.05. The van der Waals surface area contributed by atoms with E-state index in [1.54, 1.807) is 38.4 Å². The molecule has 0 radical (unpaired) electrons. The Bertz CT molecular complexity index is 973. The zero-order chi connectivity index (χ0) is 22.5. The van der Waals surface area contributed by atoms with E-state index in [4.69, 9.17) is 28.7 Å². The van der Waals surface area contributed by atoms with Crippen LogP contribution in [-0.4, -0.2) is 57.7 Å². The summed E-state index contributed by atoms with van der Waals surface area (Å²) < 4.78 is 27.3. The molecule has 2 aromatic rings. The van der Waals surface area contributed by atoms with Gasteiger partial charge in [-0.2, -0.15) is 0 Å². The Balaban J connectivity index is 2.11. The topological polar surface area (TPSA) is 78.8 Å². The molecular formula is C23H28N2O6. The van der Waals surface area contributed by atoms with E-state index in [9.17, 15) is 4.79 Å². The first-order chi connectivity index (χ1) is 15.0. The van der Waals surface area contributed by atoms with Crippen LogP contribution in [0.5, 0.6) is 28.7 Å². The maximum absolute atomic E-state index is 13.1. The zero-order valence-corrected chi connectivity index (χ0v) is 18.8. The molecule has 3 rings (SSSR count). The van der Waals surface area contributed by atoms with Crippen molar-refractivity contribution in [2.45, 2.75) is 20.8 Å². The van der Waals surface area contributed by atoms with Gasteiger partial charge in [-0.3, -0.25) is 9.79 Å². The van der Waals surface area contributed by atoms with E-state index < -0.39 is 0 Å². The second-order valence-corrected chi connectivity index (χ2v) is 6.81. The Kier molecular flexibility index (Phi) is 6.89. The van der Waals surface area contributed by atoms with Crippen LogP contribution in [0.2, 0.25) is 0 Å². The smallest absolute Gasteiger partial charge is 0.256 e. The molecule has 1 aliphatic heterocycles. The van der Waals surface area contributed by atoms with Crippen molar-refractivity contribution in [2.24, 2.45) is 4.99 Å².